The lowest BCUT2D eigenvalue weighted by molar-refractivity contribution is 0.102. The van der Waals surface area contributed by atoms with Crippen molar-refractivity contribution in [2.75, 3.05) is 25.5 Å². The molecule has 2 heterocycles. The zero-order valence-corrected chi connectivity index (χ0v) is 15.1. The average molecular weight is 390 g/mol. The number of ether oxygens (including phenoxy) is 1. The zero-order chi connectivity index (χ0) is 16.9. The third kappa shape index (κ3) is 4.33. The molecule has 1 N–H and O–H groups in total. The van der Waals surface area contributed by atoms with E-state index in [9.17, 15) is 4.79 Å². The first-order valence-corrected chi connectivity index (χ1v) is 8.78. The second-order valence-electron chi connectivity index (χ2n) is 5.94. The van der Waals surface area contributed by atoms with Crippen LogP contribution in [0.15, 0.2) is 47.1 Å². The van der Waals surface area contributed by atoms with Crippen molar-refractivity contribution < 1.29 is 9.53 Å². The molecule has 0 unspecified atom stereocenters. The topological polar surface area (TPSA) is 54.5 Å². The molecule has 0 aliphatic carbocycles. The van der Waals surface area contributed by atoms with Crippen molar-refractivity contribution in [2.45, 2.75) is 18.9 Å². The number of piperidine rings is 1. The Labute approximate surface area is 150 Å². The van der Waals surface area contributed by atoms with Crippen LogP contribution in [0.1, 0.15) is 23.2 Å². The van der Waals surface area contributed by atoms with Gasteiger partial charge in [0.1, 0.15) is 6.10 Å². The minimum atomic E-state index is -0.173. The maximum atomic E-state index is 12.3. The second-order valence-corrected chi connectivity index (χ2v) is 6.79. The Morgan fingerprint density at radius 3 is 2.67 bits per heavy atom. The molecule has 5 nitrogen and oxygen atoms in total. The quantitative estimate of drug-likeness (QED) is 0.868. The largest absolute Gasteiger partial charge is 0.474 e. The minimum absolute atomic E-state index is 0.173. The number of carbonyl (C=O) groups is 1. The molecule has 1 fully saturated rings. The van der Waals surface area contributed by atoms with Gasteiger partial charge in [0.2, 0.25) is 5.88 Å². The summed E-state index contributed by atoms with van der Waals surface area (Å²) in [5.41, 5.74) is 1.23. The van der Waals surface area contributed by atoms with Crippen LogP contribution in [0.25, 0.3) is 0 Å². The van der Waals surface area contributed by atoms with Crippen molar-refractivity contribution in [3.05, 3.63) is 52.6 Å². The number of hydrogen-bond donors (Lipinski definition) is 1. The fourth-order valence-corrected chi connectivity index (χ4v) is 3.11. The summed E-state index contributed by atoms with van der Waals surface area (Å²) in [5.74, 6) is 0.428. The Kier molecular flexibility index (Phi) is 5.48. The van der Waals surface area contributed by atoms with E-state index in [1.807, 2.05) is 24.3 Å². The van der Waals surface area contributed by atoms with Gasteiger partial charge in [-0.1, -0.05) is 12.1 Å². The number of benzene rings is 1. The predicted molar refractivity (Wildman–Crippen MR) is 97.5 cm³/mol. The maximum absolute atomic E-state index is 12.3. The molecule has 24 heavy (non-hydrogen) atoms. The molecule has 1 aromatic heterocycles. The monoisotopic (exact) mass is 389 g/mol. The lowest BCUT2D eigenvalue weighted by Crippen LogP contribution is -2.35. The summed E-state index contributed by atoms with van der Waals surface area (Å²) >= 11 is 3.38. The summed E-state index contributed by atoms with van der Waals surface area (Å²) in [7, 11) is 2.12. The summed E-state index contributed by atoms with van der Waals surface area (Å²) in [6, 6.07) is 10.9. The number of amides is 1. The molecule has 1 aliphatic heterocycles. The van der Waals surface area contributed by atoms with Gasteiger partial charge in [-0.2, -0.15) is 0 Å². The first kappa shape index (κ1) is 16.9. The van der Waals surface area contributed by atoms with Crippen LogP contribution in [0.2, 0.25) is 0 Å². The Morgan fingerprint density at radius 1 is 1.25 bits per heavy atom. The van der Waals surface area contributed by atoms with E-state index in [1.54, 1.807) is 18.3 Å². The number of carbonyl (C=O) groups excluding carboxylic acids is 1. The van der Waals surface area contributed by atoms with E-state index >= 15 is 0 Å². The van der Waals surface area contributed by atoms with E-state index < -0.39 is 0 Å². The smallest absolute Gasteiger partial charge is 0.256 e. The van der Waals surface area contributed by atoms with Gasteiger partial charge in [0.05, 0.1) is 17.4 Å². The lowest BCUT2D eigenvalue weighted by Gasteiger charge is -2.28. The standard InChI is InChI=1S/C18H20BrN3O2/c1-22-10-8-14(9-11-22)24-17-7-6-13(12-20-17)21-18(23)15-4-2-3-5-16(15)19/h2-7,12,14H,8-11H2,1H3,(H,21,23). The minimum Gasteiger partial charge on any atom is -0.474 e. The van der Waals surface area contributed by atoms with Crippen molar-refractivity contribution in [3.63, 3.8) is 0 Å². The first-order chi connectivity index (χ1) is 11.6. The molecule has 1 saturated heterocycles. The number of aromatic nitrogens is 1. The van der Waals surface area contributed by atoms with Crippen LogP contribution in [-0.4, -0.2) is 42.0 Å². The van der Waals surface area contributed by atoms with Crippen LogP contribution < -0.4 is 10.1 Å². The predicted octanol–water partition coefficient (Wildman–Crippen LogP) is 3.57. The number of rotatable bonds is 4. The van der Waals surface area contributed by atoms with Crippen molar-refractivity contribution in [3.8, 4) is 5.88 Å². The lowest BCUT2D eigenvalue weighted by atomic mass is 10.1. The fraction of sp³-hybridized carbons (Fsp3) is 0.333. The van der Waals surface area contributed by atoms with E-state index in [-0.39, 0.29) is 12.0 Å². The van der Waals surface area contributed by atoms with Gasteiger partial charge in [-0.15, -0.1) is 0 Å². The van der Waals surface area contributed by atoms with Gasteiger partial charge < -0.3 is 15.0 Å². The van der Waals surface area contributed by atoms with Crippen LogP contribution in [0.5, 0.6) is 5.88 Å². The summed E-state index contributed by atoms with van der Waals surface area (Å²) in [6.45, 7) is 2.09. The van der Waals surface area contributed by atoms with Gasteiger partial charge in [0, 0.05) is 23.6 Å². The SMILES string of the molecule is CN1CCC(Oc2ccc(NC(=O)c3ccccc3Br)cn2)CC1. The summed E-state index contributed by atoms with van der Waals surface area (Å²) in [5, 5.41) is 2.84. The van der Waals surface area contributed by atoms with E-state index in [2.05, 4.69) is 38.2 Å². The highest BCUT2D eigenvalue weighted by Gasteiger charge is 2.18. The molecule has 1 aliphatic rings. The summed E-state index contributed by atoms with van der Waals surface area (Å²) < 4.78 is 6.67. The molecule has 6 heteroatoms. The van der Waals surface area contributed by atoms with Gasteiger partial charge in [-0.25, -0.2) is 4.98 Å². The van der Waals surface area contributed by atoms with Crippen LogP contribution >= 0.6 is 15.9 Å². The van der Waals surface area contributed by atoms with Gasteiger partial charge in [0.15, 0.2) is 0 Å². The second kappa shape index (κ2) is 7.77. The van der Waals surface area contributed by atoms with Gasteiger partial charge >= 0.3 is 0 Å². The maximum Gasteiger partial charge on any atom is 0.256 e. The van der Waals surface area contributed by atoms with Crippen molar-refractivity contribution in [1.82, 2.24) is 9.88 Å². The Balaban J connectivity index is 1.58. The number of nitrogens with zero attached hydrogens (tertiary/aromatic N) is 2. The average Bonchev–Trinajstić information content (AvgIpc) is 2.59. The third-order valence-corrected chi connectivity index (χ3v) is 4.76. The Hall–Kier alpha value is -1.92. The number of pyridine rings is 1. The molecule has 0 radical (unpaired) electrons. The molecule has 2 aromatic rings. The van der Waals surface area contributed by atoms with E-state index in [4.69, 9.17) is 4.74 Å². The van der Waals surface area contributed by atoms with Gasteiger partial charge in [-0.05, 0) is 54.0 Å². The molecule has 126 valence electrons. The molecule has 0 spiro atoms. The molecule has 0 saturated carbocycles. The van der Waals surface area contributed by atoms with E-state index in [0.29, 0.717) is 17.1 Å². The molecule has 0 atom stereocenters. The van der Waals surface area contributed by atoms with Crippen molar-refractivity contribution in [2.24, 2.45) is 0 Å². The highest BCUT2D eigenvalue weighted by molar-refractivity contribution is 9.10. The zero-order valence-electron chi connectivity index (χ0n) is 13.5. The highest BCUT2D eigenvalue weighted by Crippen LogP contribution is 2.20. The number of nitrogens with one attached hydrogen (secondary N) is 1. The number of halogens is 1. The fourth-order valence-electron chi connectivity index (χ4n) is 2.64. The summed E-state index contributed by atoms with van der Waals surface area (Å²) in [6.07, 6.45) is 3.87. The molecule has 0 bridgehead atoms. The third-order valence-electron chi connectivity index (χ3n) is 4.07. The highest BCUT2D eigenvalue weighted by atomic mass is 79.9. The normalized spacial score (nSPS) is 15.9. The molecule has 1 aromatic carbocycles. The molecule has 3 rings (SSSR count). The number of likely N-dealkylation sites (tertiary alicyclic amines) is 1. The van der Waals surface area contributed by atoms with Gasteiger partial charge in [0.25, 0.3) is 5.91 Å². The van der Waals surface area contributed by atoms with Crippen LogP contribution in [0.4, 0.5) is 5.69 Å². The first-order valence-electron chi connectivity index (χ1n) is 7.99. The number of anilines is 1. The molecule has 1 amide bonds. The van der Waals surface area contributed by atoms with E-state index in [1.165, 1.54) is 0 Å². The summed E-state index contributed by atoms with van der Waals surface area (Å²) in [4.78, 5) is 18.9. The molecular formula is C18H20BrN3O2. The molecular weight excluding hydrogens is 370 g/mol. The van der Waals surface area contributed by atoms with Crippen LogP contribution in [0.3, 0.4) is 0 Å². The Morgan fingerprint density at radius 2 is 2.00 bits per heavy atom. The number of hydrogen-bond acceptors (Lipinski definition) is 4. The van der Waals surface area contributed by atoms with Crippen molar-refractivity contribution in [1.29, 1.82) is 0 Å². The van der Waals surface area contributed by atoms with Crippen LogP contribution in [0, 0.1) is 0 Å². The van der Waals surface area contributed by atoms with E-state index in [0.717, 1.165) is 30.4 Å². The van der Waals surface area contributed by atoms with Crippen molar-refractivity contribution >= 4 is 27.5 Å². The van der Waals surface area contributed by atoms with Crippen LogP contribution in [-0.2, 0) is 0 Å². The van der Waals surface area contributed by atoms with Gasteiger partial charge in [-0.3, -0.25) is 4.79 Å². The Bertz CT molecular complexity index is 698.